The number of phenolic OH excluding ortho intramolecular Hbond substituents is 1. The first-order valence-electron chi connectivity index (χ1n) is 7.53. The number of rotatable bonds is 6. The highest BCUT2D eigenvalue weighted by Crippen LogP contribution is 2.20. The molecule has 0 aliphatic carbocycles. The number of amides is 1. The van der Waals surface area contributed by atoms with Crippen LogP contribution in [-0.4, -0.2) is 41.9 Å². The molecule has 1 amide bonds. The zero-order valence-corrected chi connectivity index (χ0v) is 14.0. The number of pyridine rings is 1. The Bertz CT molecular complexity index is 792. The molecular weight excluding hydrogens is 369 g/mol. The van der Waals surface area contributed by atoms with Gasteiger partial charge in [-0.25, -0.2) is 9.78 Å². The second kappa shape index (κ2) is 8.39. The fourth-order valence-corrected chi connectivity index (χ4v) is 2.03. The first-order valence-corrected chi connectivity index (χ1v) is 7.53. The summed E-state index contributed by atoms with van der Waals surface area (Å²) in [5.74, 6) is -1.76. The highest BCUT2D eigenvalue weighted by molar-refractivity contribution is 5.96. The number of alkyl halides is 3. The van der Waals surface area contributed by atoms with E-state index in [4.69, 9.17) is 0 Å². The van der Waals surface area contributed by atoms with Gasteiger partial charge in [-0.2, -0.15) is 13.2 Å². The molecule has 1 atom stereocenters. The molecule has 0 saturated carbocycles. The third-order valence-electron chi connectivity index (χ3n) is 3.32. The number of hydrogen-bond donors (Lipinski definition) is 2. The van der Waals surface area contributed by atoms with Gasteiger partial charge in [-0.3, -0.25) is 4.79 Å². The number of benzene rings is 1. The van der Waals surface area contributed by atoms with Crippen LogP contribution in [0.25, 0.3) is 0 Å². The van der Waals surface area contributed by atoms with Crippen molar-refractivity contribution in [3.05, 3.63) is 53.7 Å². The van der Waals surface area contributed by atoms with E-state index in [1.807, 2.05) is 0 Å². The second-order valence-electron chi connectivity index (χ2n) is 5.31. The van der Waals surface area contributed by atoms with E-state index in [2.05, 4.69) is 19.8 Å². The minimum absolute atomic E-state index is 0.00189. The molecule has 7 nitrogen and oxygen atoms in total. The van der Waals surface area contributed by atoms with Crippen LogP contribution in [0.4, 0.5) is 13.2 Å². The Morgan fingerprint density at radius 1 is 1.19 bits per heavy atom. The van der Waals surface area contributed by atoms with Crippen molar-refractivity contribution in [3.8, 4) is 11.6 Å². The van der Waals surface area contributed by atoms with Crippen LogP contribution in [0.5, 0.6) is 11.6 Å². The van der Waals surface area contributed by atoms with Crippen LogP contribution in [0.2, 0.25) is 0 Å². The largest absolute Gasteiger partial charge is 0.508 e. The normalized spacial score (nSPS) is 12.1. The quantitative estimate of drug-likeness (QED) is 0.742. The molecular formula is C17H15F3N2O5. The van der Waals surface area contributed by atoms with Gasteiger partial charge < -0.3 is 19.9 Å². The molecule has 0 saturated heterocycles. The maximum atomic E-state index is 12.3. The Balaban J connectivity index is 2.10. The van der Waals surface area contributed by atoms with Crippen LogP contribution in [0.3, 0.4) is 0 Å². The maximum Gasteiger partial charge on any atom is 0.422 e. The van der Waals surface area contributed by atoms with Crippen molar-refractivity contribution < 1.29 is 37.3 Å². The predicted molar refractivity (Wildman–Crippen MR) is 86.1 cm³/mol. The monoisotopic (exact) mass is 384 g/mol. The van der Waals surface area contributed by atoms with Crippen LogP contribution in [0.15, 0.2) is 42.6 Å². The van der Waals surface area contributed by atoms with Gasteiger partial charge in [0.15, 0.2) is 12.6 Å². The number of methoxy groups -OCH3 is 1. The number of nitrogens with one attached hydrogen (secondary N) is 1. The molecule has 0 unspecified atom stereocenters. The molecule has 2 N–H and O–H groups in total. The van der Waals surface area contributed by atoms with Crippen molar-refractivity contribution in [1.29, 1.82) is 0 Å². The molecule has 0 aliphatic heterocycles. The molecule has 144 valence electrons. The molecule has 1 heterocycles. The van der Waals surface area contributed by atoms with Gasteiger partial charge in [0.2, 0.25) is 5.88 Å². The number of aromatic nitrogens is 1. The fourth-order valence-electron chi connectivity index (χ4n) is 2.03. The summed E-state index contributed by atoms with van der Waals surface area (Å²) in [4.78, 5) is 27.9. The smallest absolute Gasteiger partial charge is 0.422 e. The van der Waals surface area contributed by atoms with Crippen molar-refractivity contribution >= 4 is 11.9 Å². The summed E-state index contributed by atoms with van der Waals surface area (Å²) in [6, 6.07) is 6.71. The number of carbonyl (C=O) groups excluding carboxylic acids is 2. The number of aromatic hydroxyl groups is 1. The molecule has 2 aromatic rings. The lowest BCUT2D eigenvalue weighted by molar-refractivity contribution is -0.154. The second-order valence-corrected chi connectivity index (χ2v) is 5.31. The topological polar surface area (TPSA) is 97.8 Å². The van der Waals surface area contributed by atoms with Crippen LogP contribution in [0, 0.1) is 0 Å². The van der Waals surface area contributed by atoms with E-state index in [0.29, 0.717) is 5.56 Å². The van der Waals surface area contributed by atoms with E-state index < -0.39 is 30.7 Å². The van der Waals surface area contributed by atoms with Gasteiger partial charge in [-0.05, 0) is 23.8 Å². The molecule has 0 fully saturated rings. The third-order valence-corrected chi connectivity index (χ3v) is 3.32. The van der Waals surface area contributed by atoms with Gasteiger partial charge in [0.25, 0.3) is 5.91 Å². The molecule has 27 heavy (non-hydrogen) atoms. The van der Waals surface area contributed by atoms with Crippen LogP contribution >= 0.6 is 0 Å². The lowest BCUT2D eigenvalue weighted by Gasteiger charge is -2.17. The van der Waals surface area contributed by atoms with Gasteiger partial charge in [0.1, 0.15) is 5.75 Å². The summed E-state index contributed by atoms with van der Waals surface area (Å²) in [6.07, 6.45) is -3.48. The number of carbonyl (C=O) groups is 2. The van der Waals surface area contributed by atoms with E-state index >= 15 is 0 Å². The van der Waals surface area contributed by atoms with E-state index in [1.165, 1.54) is 30.3 Å². The fraction of sp³-hybridized carbons (Fsp3) is 0.235. The first kappa shape index (κ1) is 20.0. The summed E-state index contributed by atoms with van der Waals surface area (Å²) in [5, 5.41) is 11.8. The Morgan fingerprint density at radius 2 is 1.85 bits per heavy atom. The van der Waals surface area contributed by atoms with Gasteiger partial charge in [0, 0.05) is 12.3 Å². The summed E-state index contributed by atoms with van der Waals surface area (Å²) >= 11 is 0. The summed E-state index contributed by atoms with van der Waals surface area (Å²) in [5.41, 5.74) is 0.369. The standard InChI is InChI=1S/C17H15F3N2O5/c1-26-16(25)14(10-2-5-12(23)6-3-10)22-15(24)11-4-7-13(21-8-11)27-9-17(18,19)20/h2-8,14,23H,9H2,1H3,(H,22,24)/t14-/m1/s1. The lowest BCUT2D eigenvalue weighted by Crippen LogP contribution is -2.34. The molecule has 0 bridgehead atoms. The SMILES string of the molecule is COC(=O)[C@H](NC(=O)c1ccc(OCC(F)(F)F)nc1)c1ccc(O)cc1. The van der Waals surface area contributed by atoms with Crippen LogP contribution in [0.1, 0.15) is 22.0 Å². The number of esters is 1. The van der Waals surface area contributed by atoms with Gasteiger partial charge in [-0.1, -0.05) is 12.1 Å². The minimum Gasteiger partial charge on any atom is -0.508 e. The number of halogens is 3. The zero-order valence-electron chi connectivity index (χ0n) is 14.0. The first-order chi connectivity index (χ1) is 12.7. The number of ether oxygens (including phenoxy) is 2. The van der Waals surface area contributed by atoms with Crippen molar-refractivity contribution in [3.63, 3.8) is 0 Å². The van der Waals surface area contributed by atoms with Gasteiger partial charge in [0.05, 0.1) is 12.7 Å². The van der Waals surface area contributed by atoms with Gasteiger partial charge in [-0.15, -0.1) is 0 Å². The third kappa shape index (κ3) is 5.87. The molecule has 0 spiro atoms. The highest BCUT2D eigenvalue weighted by atomic mass is 19.4. The summed E-state index contributed by atoms with van der Waals surface area (Å²) < 4.78 is 45.4. The molecule has 1 aromatic carbocycles. The van der Waals surface area contributed by atoms with Crippen molar-refractivity contribution in [2.75, 3.05) is 13.7 Å². The van der Waals surface area contributed by atoms with E-state index in [9.17, 15) is 27.9 Å². The van der Waals surface area contributed by atoms with E-state index in [0.717, 1.165) is 19.4 Å². The van der Waals surface area contributed by atoms with E-state index in [1.54, 1.807) is 0 Å². The van der Waals surface area contributed by atoms with Crippen molar-refractivity contribution in [2.24, 2.45) is 0 Å². The number of hydrogen-bond acceptors (Lipinski definition) is 6. The van der Waals surface area contributed by atoms with Gasteiger partial charge >= 0.3 is 12.1 Å². The summed E-state index contributed by atoms with van der Waals surface area (Å²) in [6.45, 7) is -1.50. The van der Waals surface area contributed by atoms with E-state index in [-0.39, 0.29) is 17.2 Å². The molecule has 10 heteroatoms. The maximum absolute atomic E-state index is 12.3. The van der Waals surface area contributed by atoms with Crippen LogP contribution in [-0.2, 0) is 9.53 Å². The highest BCUT2D eigenvalue weighted by Gasteiger charge is 2.29. The Kier molecular flexibility index (Phi) is 6.22. The molecule has 0 radical (unpaired) electrons. The molecule has 1 aromatic heterocycles. The predicted octanol–water partition coefficient (Wildman–Crippen LogP) is 2.37. The minimum atomic E-state index is -4.50. The average Bonchev–Trinajstić information content (AvgIpc) is 2.64. The lowest BCUT2D eigenvalue weighted by atomic mass is 10.1. The van der Waals surface area contributed by atoms with Crippen molar-refractivity contribution in [1.82, 2.24) is 10.3 Å². The number of phenols is 1. The van der Waals surface area contributed by atoms with Crippen molar-refractivity contribution in [2.45, 2.75) is 12.2 Å². The Hall–Kier alpha value is -3.30. The Morgan fingerprint density at radius 3 is 2.37 bits per heavy atom. The number of nitrogens with zero attached hydrogens (tertiary/aromatic N) is 1. The Labute approximate surface area is 151 Å². The molecule has 0 aliphatic rings. The zero-order chi connectivity index (χ0) is 20.0. The average molecular weight is 384 g/mol. The molecule has 2 rings (SSSR count). The summed E-state index contributed by atoms with van der Waals surface area (Å²) in [7, 11) is 1.15. The van der Waals surface area contributed by atoms with Crippen LogP contribution < -0.4 is 10.1 Å².